The highest BCUT2D eigenvalue weighted by molar-refractivity contribution is 8.02. The number of carbonyl (C=O) groups excluding carboxylic acids is 3. The summed E-state index contributed by atoms with van der Waals surface area (Å²) in [6, 6.07) is 9.82. The van der Waals surface area contributed by atoms with E-state index >= 15 is 0 Å². The Labute approximate surface area is 145 Å². The van der Waals surface area contributed by atoms with Crippen LogP contribution in [0.5, 0.6) is 0 Å². The normalized spacial score (nSPS) is 13.5. The van der Waals surface area contributed by atoms with E-state index in [1.165, 1.54) is 29.8 Å². The van der Waals surface area contributed by atoms with Crippen LogP contribution >= 0.6 is 11.8 Å². The molecule has 6 nitrogen and oxygen atoms in total. The molecule has 0 atom stereocenters. The fourth-order valence-corrected chi connectivity index (χ4v) is 2.41. The van der Waals surface area contributed by atoms with Crippen LogP contribution < -0.4 is 5.32 Å². The average molecular weight is 348 g/mol. The van der Waals surface area contributed by atoms with Gasteiger partial charge in [-0.1, -0.05) is 30.0 Å². The maximum absolute atomic E-state index is 11.8. The van der Waals surface area contributed by atoms with Crippen LogP contribution in [0.3, 0.4) is 0 Å². The molecular formula is C17H20N2O4S. The molecule has 0 aromatic heterocycles. The van der Waals surface area contributed by atoms with E-state index in [2.05, 4.69) is 5.32 Å². The Kier molecular flexibility index (Phi) is 6.87. The van der Waals surface area contributed by atoms with Gasteiger partial charge in [0.25, 0.3) is 5.91 Å². The van der Waals surface area contributed by atoms with E-state index in [4.69, 9.17) is 4.74 Å². The third-order valence-corrected chi connectivity index (χ3v) is 4.05. The molecule has 2 rings (SSSR count). The Morgan fingerprint density at radius 3 is 2.67 bits per heavy atom. The summed E-state index contributed by atoms with van der Waals surface area (Å²) in [5.41, 5.74) is 0. The average Bonchev–Trinajstić information content (AvgIpc) is 3.37. The van der Waals surface area contributed by atoms with Gasteiger partial charge in [0.2, 0.25) is 5.91 Å². The summed E-state index contributed by atoms with van der Waals surface area (Å²) in [6.07, 6.45) is 3.26. The zero-order chi connectivity index (χ0) is 17.4. The molecule has 0 heterocycles. The van der Waals surface area contributed by atoms with Gasteiger partial charge in [0, 0.05) is 24.1 Å². The van der Waals surface area contributed by atoms with Crippen LogP contribution in [0.2, 0.25) is 0 Å². The van der Waals surface area contributed by atoms with Gasteiger partial charge in [-0.3, -0.25) is 9.59 Å². The fourth-order valence-electron chi connectivity index (χ4n) is 1.76. The summed E-state index contributed by atoms with van der Waals surface area (Å²) in [4.78, 5) is 37.2. The lowest BCUT2D eigenvalue weighted by atomic mass is 10.4. The summed E-state index contributed by atoms with van der Waals surface area (Å²) >= 11 is 1.38. The van der Waals surface area contributed by atoms with Crippen molar-refractivity contribution in [1.82, 2.24) is 10.2 Å². The molecule has 0 unspecified atom stereocenters. The van der Waals surface area contributed by atoms with Crippen LogP contribution in [0.25, 0.3) is 0 Å². The zero-order valence-corrected chi connectivity index (χ0v) is 14.3. The number of amides is 2. The first-order valence-corrected chi connectivity index (χ1v) is 8.51. The number of hydrogen-bond acceptors (Lipinski definition) is 5. The number of hydrogen-bond donors (Lipinski definition) is 1. The molecule has 1 saturated carbocycles. The molecule has 1 aliphatic carbocycles. The second-order valence-electron chi connectivity index (χ2n) is 5.43. The fraction of sp³-hybridized carbons (Fsp3) is 0.353. The van der Waals surface area contributed by atoms with E-state index < -0.39 is 11.9 Å². The van der Waals surface area contributed by atoms with Crippen molar-refractivity contribution in [3.63, 3.8) is 0 Å². The number of likely N-dealkylation sites (N-methyl/N-ethyl adjacent to an activating group) is 1. The maximum atomic E-state index is 11.8. The molecule has 128 valence electrons. The van der Waals surface area contributed by atoms with Gasteiger partial charge in [0.05, 0.1) is 6.54 Å². The Hall–Kier alpha value is -2.28. The highest BCUT2D eigenvalue weighted by Gasteiger charge is 2.24. The first-order chi connectivity index (χ1) is 11.5. The SMILES string of the molecule is CN(CC(=O)NC1CC1)C(=O)COC(=O)/C=C/Sc1ccccc1. The largest absolute Gasteiger partial charge is 0.452 e. The standard InChI is InChI=1S/C17H20N2O4S/c1-19(11-15(20)18-13-7-8-13)16(21)12-23-17(22)9-10-24-14-5-3-2-4-6-14/h2-6,9-10,13H,7-8,11-12H2,1H3,(H,18,20)/b10-9+. The summed E-state index contributed by atoms with van der Waals surface area (Å²) in [5, 5.41) is 4.40. The lowest BCUT2D eigenvalue weighted by Gasteiger charge is -2.16. The minimum Gasteiger partial charge on any atom is -0.452 e. The van der Waals surface area contributed by atoms with Crippen molar-refractivity contribution >= 4 is 29.5 Å². The Morgan fingerprint density at radius 1 is 1.29 bits per heavy atom. The third kappa shape index (κ3) is 6.87. The molecule has 1 fully saturated rings. The molecule has 24 heavy (non-hydrogen) atoms. The Bertz CT molecular complexity index is 614. The second kappa shape index (κ2) is 9.12. The van der Waals surface area contributed by atoms with Crippen LogP contribution in [0.1, 0.15) is 12.8 Å². The van der Waals surface area contributed by atoms with Crippen molar-refractivity contribution in [2.75, 3.05) is 20.2 Å². The van der Waals surface area contributed by atoms with Gasteiger partial charge in [-0.25, -0.2) is 4.79 Å². The molecular weight excluding hydrogens is 328 g/mol. The van der Waals surface area contributed by atoms with Crippen LogP contribution in [-0.2, 0) is 19.1 Å². The minimum atomic E-state index is -0.595. The summed E-state index contributed by atoms with van der Waals surface area (Å²) in [5.74, 6) is -1.21. The lowest BCUT2D eigenvalue weighted by Crippen LogP contribution is -2.40. The van der Waals surface area contributed by atoms with E-state index in [9.17, 15) is 14.4 Å². The van der Waals surface area contributed by atoms with Crippen molar-refractivity contribution in [3.8, 4) is 0 Å². The van der Waals surface area contributed by atoms with Crippen molar-refractivity contribution in [1.29, 1.82) is 0 Å². The maximum Gasteiger partial charge on any atom is 0.331 e. The van der Waals surface area contributed by atoms with E-state index in [1.54, 1.807) is 5.41 Å². The molecule has 7 heteroatoms. The number of thioether (sulfide) groups is 1. The van der Waals surface area contributed by atoms with Gasteiger partial charge in [0.1, 0.15) is 0 Å². The number of carbonyl (C=O) groups is 3. The number of benzene rings is 1. The van der Waals surface area contributed by atoms with Crippen LogP contribution in [0.15, 0.2) is 46.7 Å². The van der Waals surface area contributed by atoms with Gasteiger partial charge in [-0.2, -0.15) is 0 Å². The second-order valence-corrected chi connectivity index (χ2v) is 6.41. The van der Waals surface area contributed by atoms with Crippen LogP contribution in [0.4, 0.5) is 0 Å². The van der Waals surface area contributed by atoms with Gasteiger partial charge < -0.3 is 15.0 Å². The number of rotatable bonds is 8. The highest BCUT2D eigenvalue weighted by Crippen LogP contribution is 2.18. The predicted molar refractivity (Wildman–Crippen MR) is 91.2 cm³/mol. The lowest BCUT2D eigenvalue weighted by molar-refractivity contribution is -0.148. The molecule has 1 aliphatic rings. The monoisotopic (exact) mass is 348 g/mol. The molecule has 2 amide bonds. The van der Waals surface area contributed by atoms with E-state index in [0.29, 0.717) is 0 Å². The quantitative estimate of drug-likeness (QED) is 0.438. The molecule has 1 N–H and O–H groups in total. The smallest absolute Gasteiger partial charge is 0.331 e. The number of esters is 1. The highest BCUT2D eigenvalue weighted by atomic mass is 32.2. The topological polar surface area (TPSA) is 75.7 Å². The van der Waals surface area contributed by atoms with Gasteiger partial charge in [-0.15, -0.1) is 0 Å². The first-order valence-electron chi connectivity index (χ1n) is 7.63. The predicted octanol–water partition coefficient (Wildman–Crippen LogP) is 1.57. The number of ether oxygens (including phenoxy) is 1. The van der Waals surface area contributed by atoms with Crippen LogP contribution in [0, 0.1) is 0 Å². The summed E-state index contributed by atoms with van der Waals surface area (Å²) < 4.78 is 4.88. The van der Waals surface area contributed by atoms with Crippen molar-refractivity contribution in [2.24, 2.45) is 0 Å². The molecule has 1 aromatic rings. The van der Waals surface area contributed by atoms with Gasteiger partial charge in [0.15, 0.2) is 6.61 Å². The summed E-state index contributed by atoms with van der Waals surface area (Å²) in [7, 11) is 1.50. The van der Waals surface area contributed by atoms with Crippen LogP contribution in [-0.4, -0.2) is 48.9 Å². The van der Waals surface area contributed by atoms with Gasteiger partial charge in [-0.05, 0) is 30.4 Å². The van der Waals surface area contributed by atoms with Crippen molar-refractivity contribution in [3.05, 3.63) is 41.8 Å². The molecule has 0 bridgehead atoms. The summed E-state index contributed by atoms with van der Waals surface area (Å²) in [6.45, 7) is -0.418. The zero-order valence-electron chi connectivity index (χ0n) is 13.4. The van der Waals surface area contributed by atoms with Crippen molar-refractivity contribution in [2.45, 2.75) is 23.8 Å². The Balaban J connectivity index is 1.64. The minimum absolute atomic E-state index is 0.0351. The molecule has 0 radical (unpaired) electrons. The number of nitrogens with one attached hydrogen (secondary N) is 1. The van der Waals surface area contributed by atoms with Crippen molar-refractivity contribution < 1.29 is 19.1 Å². The number of nitrogens with zero attached hydrogens (tertiary/aromatic N) is 1. The van der Waals surface area contributed by atoms with Gasteiger partial charge >= 0.3 is 5.97 Å². The Morgan fingerprint density at radius 2 is 2.00 bits per heavy atom. The molecule has 0 saturated heterocycles. The van der Waals surface area contributed by atoms with E-state index in [0.717, 1.165) is 17.7 Å². The molecule has 1 aromatic carbocycles. The van der Waals surface area contributed by atoms with E-state index in [-0.39, 0.29) is 25.1 Å². The first kappa shape index (κ1) is 18.1. The molecule has 0 aliphatic heterocycles. The van der Waals surface area contributed by atoms with E-state index in [1.807, 2.05) is 30.3 Å². The third-order valence-electron chi connectivity index (χ3n) is 3.24. The molecule has 0 spiro atoms.